The molecule has 0 saturated carbocycles. The normalized spacial score (nSPS) is 10.4. The van der Waals surface area contributed by atoms with Crippen molar-refractivity contribution in [3.05, 3.63) is 54.2 Å². The summed E-state index contributed by atoms with van der Waals surface area (Å²) in [4.78, 5) is 11.0. The van der Waals surface area contributed by atoms with Crippen molar-refractivity contribution in [2.75, 3.05) is 0 Å². The molecule has 2 aromatic rings. The molecule has 1 heterocycles. The summed E-state index contributed by atoms with van der Waals surface area (Å²) in [5.41, 5.74) is 3.05. The molecule has 2 rings (SSSR count). The predicted molar refractivity (Wildman–Crippen MR) is 74.2 cm³/mol. The van der Waals surface area contributed by atoms with Gasteiger partial charge in [-0.05, 0) is 23.6 Å². The molecule has 0 aliphatic heterocycles. The lowest BCUT2D eigenvalue weighted by molar-refractivity contribution is 0.0689. The third kappa shape index (κ3) is 2.73. The van der Waals surface area contributed by atoms with Gasteiger partial charge in [0, 0.05) is 0 Å². The Morgan fingerprint density at radius 2 is 2.11 bits per heavy atom. The fourth-order valence-corrected chi connectivity index (χ4v) is 1.93. The first-order valence-corrected chi connectivity index (χ1v) is 6.17. The van der Waals surface area contributed by atoms with Crippen LogP contribution in [0.1, 0.15) is 23.0 Å². The maximum absolute atomic E-state index is 11.0. The van der Waals surface area contributed by atoms with Crippen molar-refractivity contribution in [2.45, 2.75) is 19.9 Å². The molecule has 4 nitrogen and oxygen atoms in total. The minimum absolute atomic E-state index is 0.0522. The van der Waals surface area contributed by atoms with Gasteiger partial charge >= 0.3 is 5.97 Å². The third-order valence-electron chi connectivity index (χ3n) is 2.96. The molecular weight excluding hydrogens is 240 g/mol. The van der Waals surface area contributed by atoms with Crippen LogP contribution < -0.4 is 0 Å². The van der Waals surface area contributed by atoms with Crippen LogP contribution in [0, 0.1) is 0 Å². The summed E-state index contributed by atoms with van der Waals surface area (Å²) in [6, 6.07) is 9.65. The largest absolute Gasteiger partial charge is 0.476 e. The summed E-state index contributed by atoms with van der Waals surface area (Å²) < 4.78 is 1.65. The van der Waals surface area contributed by atoms with Crippen LogP contribution in [0.2, 0.25) is 0 Å². The summed E-state index contributed by atoms with van der Waals surface area (Å²) in [5.74, 6) is -1.02. The number of aryl methyl sites for hydroxylation is 1. The fraction of sp³-hybridized carbons (Fsp3) is 0.200. The maximum atomic E-state index is 11.0. The standard InChI is InChI=1S/C15H16N2O2/c1-3-9-17-14(10-13(16-17)15(18)19)12-7-5-11(4-2)6-8-12/h3,5-8,10H,1,4,9H2,2H3,(H,18,19). The Morgan fingerprint density at radius 1 is 1.42 bits per heavy atom. The molecule has 0 radical (unpaired) electrons. The van der Waals surface area contributed by atoms with Crippen molar-refractivity contribution in [2.24, 2.45) is 0 Å². The molecule has 1 aromatic heterocycles. The Hall–Kier alpha value is -2.36. The van der Waals surface area contributed by atoms with Crippen LogP contribution in [-0.4, -0.2) is 20.9 Å². The molecule has 1 N–H and O–H groups in total. The van der Waals surface area contributed by atoms with Gasteiger partial charge in [0.1, 0.15) is 0 Å². The molecule has 0 atom stereocenters. The molecule has 0 aliphatic rings. The average molecular weight is 256 g/mol. The maximum Gasteiger partial charge on any atom is 0.356 e. The first-order chi connectivity index (χ1) is 9.15. The van der Waals surface area contributed by atoms with Gasteiger partial charge in [-0.2, -0.15) is 5.10 Å². The number of carbonyl (C=O) groups is 1. The summed E-state index contributed by atoms with van der Waals surface area (Å²) in [6.07, 6.45) is 2.68. The van der Waals surface area contributed by atoms with Crippen molar-refractivity contribution >= 4 is 5.97 Å². The monoisotopic (exact) mass is 256 g/mol. The molecule has 0 aliphatic carbocycles. The molecule has 0 unspecified atom stereocenters. The van der Waals surface area contributed by atoms with E-state index in [1.54, 1.807) is 16.8 Å². The van der Waals surface area contributed by atoms with Gasteiger partial charge in [-0.1, -0.05) is 37.3 Å². The summed E-state index contributed by atoms with van der Waals surface area (Å²) in [7, 11) is 0. The predicted octanol–water partition coefficient (Wildman–Crippen LogP) is 3.00. The van der Waals surface area contributed by atoms with Crippen LogP contribution >= 0.6 is 0 Å². The number of aromatic carboxylic acids is 1. The van der Waals surface area contributed by atoms with E-state index in [4.69, 9.17) is 5.11 Å². The molecule has 0 spiro atoms. The lowest BCUT2D eigenvalue weighted by atomic mass is 10.1. The lowest BCUT2D eigenvalue weighted by Crippen LogP contribution is -2.03. The SMILES string of the molecule is C=CCn1nc(C(=O)O)cc1-c1ccc(CC)cc1. The van der Waals surface area contributed by atoms with Gasteiger partial charge in [0.25, 0.3) is 0 Å². The second-order valence-electron chi connectivity index (χ2n) is 4.24. The van der Waals surface area contributed by atoms with E-state index in [9.17, 15) is 4.79 Å². The summed E-state index contributed by atoms with van der Waals surface area (Å²) >= 11 is 0. The molecule has 19 heavy (non-hydrogen) atoms. The number of rotatable bonds is 5. The smallest absolute Gasteiger partial charge is 0.356 e. The van der Waals surface area contributed by atoms with Crippen molar-refractivity contribution in [3.63, 3.8) is 0 Å². The second kappa shape index (κ2) is 5.52. The highest BCUT2D eigenvalue weighted by atomic mass is 16.4. The zero-order valence-electron chi connectivity index (χ0n) is 10.8. The van der Waals surface area contributed by atoms with E-state index in [-0.39, 0.29) is 5.69 Å². The zero-order valence-corrected chi connectivity index (χ0v) is 10.8. The van der Waals surface area contributed by atoms with Crippen LogP contribution in [0.15, 0.2) is 43.0 Å². The molecule has 0 fully saturated rings. The number of hydrogen-bond acceptors (Lipinski definition) is 2. The van der Waals surface area contributed by atoms with Crippen LogP contribution in [0.25, 0.3) is 11.3 Å². The van der Waals surface area contributed by atoms with Crippen LogP contribution in [0.5, 0.6) is 0 Å². The van der Waals surface area contributed by atoms with Crippen LogP contribution in [0.3, 0.4) is 0 Å². The zero-order chi connectivity index (χ0) is 13.8. The van der Waals surface area contributed by atoms with Crippen molar-refractivity contribution in [3.8, 4) is 11.3 Å². The van der Waals surface area contributed by atoms with E-state index in [2.05, 4.69) is 18.6 Å². The Kier molecular flexibility index (Phi) is 3.80. The van der Waals surface area contributed by atoms with Gasteiger partial charge in [0.2, 0.25) is 0 Å². The summed E-state index contributed by atoms with van der Waals surface area (Å²) in [6.45, 7) is 6.24. The highest BCUT2D eigenvalue weighted by molar-refractivity contribution is 5.87. The molecule has 0 bridgehead atoms. The lowest BCUT2D eigenvalue weighted by Gasteiger charge is -2.05. The number of allylic oxidation sites excluding steroid dienone is 1. The second-order valence-corrected chi connectivity index (χ2v) is 4.24. The Bertz CT molecular complexity index is 597. The summed E-state index contributed by atoms with van der Waals surface area (Å²) in [5, 5.41) is 13.1. The third-order valence-corrected chi connectivity index (χ3v) is 2.96. The quantitative estimate of drug-likeness (QED) is 0.837. The van der Waals surface area contributed by atoms with Gasteiger partial charge in [-0.3, -0.25) is 4.68 Å². The van der Waals surface area contributed by atoms with Gasteiger partial charge in [0.05, 0.1) is 12.2 Å². The Balaban J connectivity index is 2.46. The fourth-order valence-electron chi connectivity index (χ4n) is 1.93. The molecule has 1 aromatic carbocycles. The Morgan fingerprint density at radius 3 is 2.63 bits per heavy atom. The molecular formula is C15H16N2O2. The first-order valence-electron chi connectivity index (χ1n) is 6.17. The van der Waals surface area contributed by atoms with E-state index in [0.29, 0.717) is 6.54 Å². The van der Waals surface area contributed by atoms with Gasteiger partial charge in [0.15, 0.2) is 5.69 Å². The van der Waals surface area contributed by atoms with E-state index < -0.39 is 5.97 Å². The minimum Gasteiger partial charge on any atom is -0.476 e. The molecule has 4 heteroatoms. The topological polar surface area (TPSA) is 55.1 Å². The van der Waals surface area contributed by atoms with Gasteiger partial charge < -0.3 is 5.11 Å². The van der Waals surface area contributed by atoms with Crippen molar-refractivity contribution in [1.29, 1.82) is 0 Å². The molecule has 0 amide bonds. The number of nitrogens with zero attached hydrogens (tertiary/aromatic N) is 2. The number of benzene rings is 1. The van der Waals surface area contributed by atoms with Crippen LogP contribution in [0.4, 0.5) is 0 Å². The highest BCUT2D eigenvalue weighted by Crippen LogP contribution is 2.21. The number of carboxylic acid groups (broad SMARTS) is 1. The van der Waals surface area contributed by atoms with Crippen molar-refractivity contribution in [1.82, 2.24) is 9.78 Å². The number of hydrogen-bond donors (Lipinski definition) is 1. The average Bonchev–Trinajstić information content (AvgIpc) is 2.84. The Labute approximate surface area is 112 Å². The van der Waals surface area contributed by atoms with E-state index in [0.717, 1.165) is 17.7 Å². The molecule has 0 saturated heterocycles. The number of carboxylic acids is 1. The van der Waals surface area contributed by atoms with E-state index in [1.807, 2.05) is 24.3 Å². The van der Waals surface area contributed by atoms with E-state index in [1.165, 1.54) is 5.56 Å². The highest BCUT2D eigenvalue weighted by Gasteiger charge is 2.13. The number of aromatic nitrogens is 2. The van der Waals surface area contributed by atoms with Gasteiger partial charge in [-0.25, -0.2) is 4.79 Å². The van der Waals surface area contributed by atoms with Gasteiger partial charge in [-0.15, -0.1) is 6.58 Å². The molecule has 98 valence electrons. The minimum atomic E-state index is -1.02. The van der Waals surface area contributed by atoms with Crippen LogP contribution in [-0.2, 0) is 13.0 Å². The first kappa shape index (κ1) is 13.1. The van der Waals surface area contributed by atoms with Crippen molar-refractivity contribution < 1.29 is 9.90 Å². The van der Waals surface area contributed by atoms with E-state index >= 15 is 0 Å².